The number of halogens is 1. The van der Waals surface area contributed by atoms with Crippen molar-refractivity contribution in [3.8, 4) is 0 Å². The van der Waals surface area contributed by atoms with Gasteiger partial charge in [0.25, 0.3) is 0 Å². The van der Waals surface area contributed by atoms with Gasteiger partial charge in [0.05, 0.1) is 17.2 Å². The van der Waals surface area contributed by atoms with Gasteiger partial charge >= 0.3 is 0 Å². The summed E-state index contributed by atoms with van der Waals surface area (Å²) in [5.41, 5.74) is 3.00. The molecule has 0 radical (unpaired) electrons. The van der Waals surface area contributed by atoms with E-state index in [0.717, 1.165) is 66.1 Å². The van der Waals surface area contributed by atoms with E-state index < -0.39 is 0 Å². The van der Waals surface area contributed by atoms with Crippen LogP contribution in [0.3, 0.4) is 0 Å². The highest BCUT2D eigenvalue weighted by Crippen LogP contribution is 2.30. The highest BCUT2D eigenvalue weighted by molar-refractivity contribution is 9.10. The van der Waals surface area contributed by atoms with Crippen molar-refractivity contribution >= 4 is 39.1 Å². The Morgan fingerprint density at radius 1 is 1.29 bits per heavy atom. The summed E-state index contributed by atoms with van der Waals surface area (Å²) in [7, 11) is 3.77. The van der Waals surface area contributed by atoms with Crippen molar-refractivity contribution in [1.29, 1.82) is 0 Å². The standard InChI is InChI=1S/C24H34BrN7O2/c1-30(2)16-23(34)28-18-8-6-17(7-9-18)14-26-21-13-22(29-24-20(25)15-27-32(21)24)31-11-4-3-5-19(31)10-12-33/h6,8,13,15,19,26,33H,3-5,7,9-12,14,16H2,1-2H3,(H,28,34). The smallest absolute Gasteiger partial charge is 0.238 e. The summed E-state index contributed by atoms with van der Waals surface area (Å²) in [6, 6.07) is 2.37. The van der Waals surface area contributed by atoms with E-state index in [2.05, 4.69) is 48.7 Å². The van der Waals surface area contributed by atoms with Gasteiger partial charge in [-0.15, -0.1) is 0 Å². The van der Waals surface area contributed by atoms with E-state index in [1.165, 1.54) is 12.0 Å². The fourth-order valence-electron chi connectivity index (χ4n) is 4.59. The molecule has 184 valence electrons. The molecule has 0 aromatic carbocycles. The van der Waals surface area contributed by atoms with Gasteiger partial charge in [-0.2, -0.15) is 9.61 Å². The zero-order valence-corrected chi connectivity index (χ0v) is 21.5. The molecule has 1 atom stereocenters. The number of piperidine rings is 1. The normalized spacial score (nSPS) is 18.7. The number of aliphatic hydroxyl groups excluding tert-OH is 1. The Hall–Kier alpha value is -2.43. The first kappa shape index (κ1) is 24.7. The maximum atomic E-state index is 12.0. The lowest BCUT2D eigenvalue weighted by atomic mass is 9.99. The lowest BCUT2D eigenvalue weighted by molar-refractivity contribution is -0.121. The van der Waals surface area contributed by atoms with E-state index in [0.29, 0.717) is 19.1 Å². The minimum absolute atomic E-state index is 0.0133. The Labute approximate surface area is 209 Å². The van der Waals surface area contributed by atoms with Crippen molar-refractivity contribution < 1.29 is 9.90 Å². The van der Waals surface area contributed by atoms with Gasteiger partial charge in [0.2, 0.25) is 5.91 Å². The third kappa shape index (κ3) is 5.97. The molecule has 2 aliphatic rings. The van der Waals surface area contributed by atoms with Crippen molar-refractivity contribution in [3.63, 3.8) is 0 Å². The zero-order chi connectivity index (χ0) is 24.1. The Morgan fingerprint density at radius 2 is 2.15 bits per heavy atom. The molecule has 9 nitrogen and oxygen atoms in total. The summed E-state index contributed by atoms with van der Waals surface area (Å²) in [5, 5.41) is 20.6. The molecule has 3 N–H and O–H groups in total. The first-order valence-electron chi connectivity index (χ1n) is 11.9. The number of hydrogen-bond acceptors (Lipinski definition) is 7. The molecule has 34 heavy (non-hydrogen) atoms. The SMILES string of the molecule is CN(C)CC(=O)NC1=CC=C(CNc2cc(N3CCCCC3CCO)nc3c(Br)cnn23)CC1. The van der Waals surface area contributed by atoms with E-state index in [1.807, 2.05) is 29.6 Å². The topological polar surface area (TPSA) is 98.0 Å². The molecule has 0 spiro atoms. The molecular formula is C24H34BrN7O2. The van der Waals surface area contributed by atoms with Crippen LogP contribution < -0.4 is 15.5 Å². The van der Waals surface area contributed by atoms with Crippen LogP contribution in [-0.2, 0) is 4.79 Å². The molecule has 1 fully saturated rings. The quantitative estimate of drug-likeness (QED) is 0.457. The van der Waals surface area contributed by atoms with Crippen molar-refractivity contribution in [2.75, 3.05) is 50.6 Å². The summed E-state index contributed by atoms with van der Waals surface area (Å²) in [6.07, 6.45) is 11.7. The number of rotatable bonds is 9. The Balaban J connectivity index is 1.49. The molecule has 1 saturated heterocycles. The van der Waals surface area contributed by atoms with Crippen LogP contribution in [0.2, 0.25) is 0 Å². The van der Waals surface area contributed by atoms with Crippen LogP contribution in [0.25, 0.3) is 5.65 Å². The predicted molar refractivity (Wildman–Crippen MR) is 138 cm³/mol. The second-order valence-corrected chi connectivity index (χ2v) is 10.1. The fraction of sp³-hybridized carbons (Fsp3) is 0.542. The van der Waals surface area contributed by atoms with Crippen molar-refractivity contribution in [1.82, 2.24) is 24.8 Å². The first-order chi connectivity index (χ1) is 16.4. The lowest BCUT2D eigenvalue weighted by Gasteiger charge is -2.36. The van der Waals surface area contributed by atoms with Crippen molar-refractivity contribution in [2.24, 2.45) is 0 Å². The molecule has 1 unspecified atom stereocenters. The summed E-state index contributed by atoms with van der Waals surface area (Å²) >= 11 is 3.58. The number of carbonyl (C=O) groups is 1. The van der Waals surface area contributed by atoms with Gasteiger partial charge in [0.15, 0.2) is 5.65 Å². The molecule has 2 aromatic rings. The highest BCUT2D eigenvalue weighted by atomic mass is 79.9. The third-order valence-corrected chi connectivity index (χ3v) is 6.85. The van der Waals surface area contributed by atoms with Gasteiger partial charge in [-0.05, 0) is 74.6 Å². The second-order valence-electron chi connectivity index (χ2n) is 9.24. The molecule has 2 aromatic heterocycles. The molecule has 0 bridgehead atoms. The van der Waals surface area contributed by atoms with Gasteiger partial charge in [0, 0.05) is 37.5 Å². The molecule has 1 aliphatic carbocycles. The van der Waals surface area contributed by atoms with E-state index >= 15 is 0 Å². The van der Waals surface area contributed by atoms with Gasteiger partial charge in [0.1, 0.15) is 11.6 Å². The molecule has 4 rings (SSSR count). The minimum atomic E-state index is 0.0133. The van der Waals surface area contributed by atoms with Crippen molar-refractivity contribution in [2.45, 2.75) is 44.6 Å². The number of fused-ring (bicyclic) bond motifs is 1. The highest BCUT2D eigenvalue weighted by Gasteiger charge is 2.25. The van der Waals surface area contributed by atoms with E-state index in [4.69, 9.17) is 4.98 Å². The number of aliphatic hydroxyl groups is 1. The number of allylic oxidation sites excluding steroid dienone is 3. The van der Waals surface area contributed by atoms with E-state index in [-0.39, 0.29) is 12.5 Å². The minimum Gasteiger partial charge on any atom is -0.396 e. The van der Waals surface area contributed by atoms with Crippen LogP contribution in [-0.4, -0.2) is 76.9 Å². The average Bonchev–Trinajstić information content (AvgIpc) is 3.19. The molecule has 0 saturated carbocycles. The number of nitrogens with one attached hydrogen (secondary N) is 2. The number of carbonyl (C=O) groups excluding carboxylic acids is 1. The van der Waals surface area contributed by atoms with Crippen LogP contribution in [0.4, 0.5) is 11.6 Å². The van der Waals surface area contributed by atoms with Crippen LogP contribution >= 0.6 is 15.9 Å². The number of hydrogen-bond donors (Lipinski definition) is 3. The maximum absolute atomic E-state index is 12.0. The zero-order valence-electron chi connectivity index (χ0n) is 19.9. The Bertz CT molecular complexity index is 1080. The molecule has 10 heteroatoms. The van der Waals surface area contributed by atoms with E-state index in [9.17, 15) is 9.90 Å². The van der Waals surface area contributed by atoms with Gasteiger partial charge in [-0.3, -0.25) is 4.79 Å². The summed E-state index contributed by atoms with van der Waals surface area (Å²) in [4.78, 5) is 21.1. The number of anilines is 2. The predicted octanol–water partition coefficient (Wildman–Crippen LogP) is 2.93. The van der Waals surface area contributed by atoms with Crippen LogP contribution in [0, 0.1) is 0 Å². The molecule has 1 amide bonds. The van der Waals surface area contributed by atoms with Crippen LogP contribution in [0.1, 0.15) is 38.5 Å². The second kappa shape index (κ2) is 11.3. The number of aromatic nitrogens is 3. The number of amides is 1. The summed E-state index contributed by atoms with van der Waals surface area (Å²) in [5.74, 6) is 1.81. The van der Waals surface area contributed by atoms with Crippen LogP contribution in [0.15, 0.2) is 40.2 Å². The Morgan fingerprint density at radius 3 is 2.88 bits per heavy atom. The maximum Gasteiger partial charge on any atom is 0.238 e. The van der Waals surface area contributed by atoms with Crippen LogP contribution in [0.5, 0.6) is 0 Å². The summed E-state index contributed by atoms with van der Waals surface area (Å²) < 4.78 is 2.68. The Kier molecular flexibility index (Phi) is 8.23. The summed E-state index contributed by atoms with van der Waals surface area (Å²) in [6.45, 7) is 2.19. The molecule has 1 aliphatic heterocycles. The van der Waals surface area contributed by atoms with Gasteiger partial charge < -0.3 is 25.5 Å². The van der Waals surface area contributed by atoms with Gasteiger partial charge in [-0.25, -0.2) is 4.98 Å². The largest absolute Gasteiger partial charge is 0.396 e. The molecule has 3 heterocycles. The average molecular weight is 532 g/mol. The number of likely N-dealkylation sites (N-methyl/N-ethyl adjacent to an activating group) is 1. The lowest BCUT2D eigenvalue weighted by Crippen LogP contribution is -2.40. The van der Waals surface area contributed by atoms with E-state index in [1.54, 1.807) is 6.20 Å². The molecular weight excluding hydrogens is 498 g/mol. The van der Waals surface area contributed by atoms with Crippen molar-refractivity contribution in [3.05, 3.63) is 40.2 Å². The fourth-order valence-corrected chi connectivity index (χ4v) is 4.94. The monoisotopic (exact) mass is 531 g/mol. The third-order valence-electron chi connectivity index (χ3n) is 6.29. The number of nitrogens with zero attached hydrogens (tertiary/aromatic N) is 5. The first-order valence-corrected chi connectivity index (χ1v) is 12.7. The van der Waals surface area contributed by atoms with Gasteiger partial charge in [-0.1, -0.05) is 11.6 Å².